The summed E-state index contributed by atoms with van der Waals surface area (Å²) >= 11 is 0. The van der Waals surface area contributed by atoms with Crippen LogP contribution in [0.3, 0.4) is 0 Å². The van der Waals surface area contributed by atoms with Gasteiger partial charge in [0.1, 0.15) is 12.6 Å². The number of ether oxygens (including phenoxy) is 1. The van der Waals surface area contributed by atoms with Crippen molar-refractivity contribution in [1.82, 2.24) is 9.62 Å². The molecule has 2 unspecified atom stereocenters. The lowest BCUT2D eigenvalue weighted by Gasteiger charge is -2.07. The molecule has 1 fully saturated rings. The molecule has 2 rings (SSSR count). The number of hydrogen-bond donors (Lipinski definition) is 1. The van der Waals surface area contributed by atoms with Gasteiger partial charge < -0.3 is 10.1 Å². The van der Waals surface area contributed by atoms with E-state index in [4.69, 9.17) is 0 Å². The lowest BCUT2D eigenvalue weighted by Crippen LogP contribution is -2.35. The van der Waals surface area contributed by atoms with Crippen LogP contribution in [-0.2, 0) is 24.3 Å². The minimum Gasteiger partial charge on any atom is -0.468 e. The highest BCUT2D eigenvalue weighted by Gasteiger charge is 2.49. The number of methoxy groups -OCH3 is 1. The zero-order valence-electron chi connectivity index (χ0n) is 11.7. The van der Waals surface area contributed by atoms with E-state index in [0.717, 1.165) is 9.87 Å². The molecule has 1 aromatic rings. The Kier molecular flexibility index (Phi) is 4.29. The van der Waals surface area contributed by atoms with Gasteiger partial charge in [0.25, 0.3) is 0 Å². The second kappa shape index (κ2) is 5.82. The van der Waals surface area contributed by atoms with Gasteiger partial charge in [-0.15, -0.1) is 0 Å². The summed E-state index contributed by atoms with van der Waals surface area (Å²) in [6, 6.07) is 5.64. The van der Waals surface area contributed by atoms with Crippen molar-refractivity contribution >= 4 is 21.9 Å². The smallest absolute Gasteiger partial charge is 0.325 e. The number of nitrogens with zero attached hydrogens (tertiary/aromatic N) is 1. The summed E-state index contributed by atoms with van der Waals surface area (Å²) in [5, 5.41) is 2.34. The molecule has 0 aromatic heterocycles. The van der Waals surface area contributed by atoms with Gasteiger partial charge in [-0.3, -0.25) is 9.59 Å². The first kappa shape index (κ1) is 15.5. The van der Waals surface area contributed by atoms with Gasteiger partial charge in [-0.2, -0.15) is 4.31 Å². The van der Waals surface area contributed by atoms with E-state index in [9.17, 15) is 18.0 Å². The maximum atomic E-state index is 12.3. The SMILES string of the molecule is COC(=O)CNC(=O)C1CN1S(=O)(=O)c1ccc(C)cc1. The summed E-state index contributed by atoms with van der Waals surface area (Å²) in [6.45, 7) is 1.70. The summed E-state index contributed by atoms with van der Waals surface area (Å²) in [5.41, 5.74) is 0.951. The predicted octanol–water partition coefficient (Wildman–Crippen LogP) is -0.343. The molecule has 114 valence electrons. The minimum atomic E-state index is -3.66. The van der Waals surface area contributed by atoms with Crippen molar-refractivity contribution < 1.29 is 22.7 Å². The van der Waals surface area contributed by atoms with Crippen molar-refractivity contribution in [3.63, 3.8) is 0 Å². The molecule has 7 nitrogen and oxygen atoms in total. The second-order valence-corrected chi connectivity index (χ2v) is 6.59. The van der Waals surface area contributed by atoms with Gasteiger partial charge in [0.2, 0.25) is 15.9 Å². The summed E-state index contributed by atoms with van der Waals surface area (Å²) in [5.74, 6) is -1.09. The number of amides is 1. The quantitative estimate of drug-likeness (QED) is 0.593. The number of benzene rings is 1. The molecule has 1 aliphatic heterocycles. The summed E-state index contributed by atoms with van der Waals surface area (Å²) in [6.07, 6.45) is 0. The second-order valence-electron chi connectivity index (χ2n) is 4.70. The van der Waals surface area contributed by atoms with Crippen LogP contribution in [0.5, 0.6) is 0 Å². The van der Waals surface area contributed by atoms with Crippen LogP contribution >= 0.6 is 0 Å². The van der Waals surface area contributed by atoms with E-state index >= 15 is 0 Å². The average molecular weight is 312 g/mol. The molecular formula is C13H16N2O5S. The maximum Gasteiger partial charge on any atom is 0.325 e. The van der Waals surface area contributed by atoms with Gasteiger partial charge in [0.05, 0.1) is 12.0 Å². The largest absolute Gasteiger partial charge is 0.468 e. The minimum absolute atomic E-state index is 0.114. The first-order valence-corrected chi connectivity index (χ1v) is 7.73. The molecule has 1 saturated heterocycles. The Morgan fingerprint density at radius 3 is 2.52 bits per heavy atom. The zero-order valence-corrected chi connectivity index (χ0v) is 12.5. The number of aryl methyl sites for hydroxylation is 1. The third-order valence-electron chi connectivity index (χ3n) is 3.13. The van der Waals surface area contributed by atoms with Gasteiger partial charge in [0.15, 0.2) is 0 Å². The molecular weight excluding hydrogens is 296 g/mol. The first-order chi connectivity index (χ1) is 9.86. The lowest BCUT2D eigenvalue weighted by atomic mass is 10.2. The Labute approximate surface area is 122 Å². The molecule has 0 bridgehead atoms. The van der Waals surface area contributed by atoms with Crippen molar-refractivity contribution in [2.45, 2.75) is 17.9 Å². The van der Waals surface area contributed by atoms with Gasteiger partial charge in [-0.25, -0.2) is 8.42 Å². The van der Waals surface area contributed by atoms with Gasteiger partial charge in [0, 0.05) is 6.54 Å². The summed E-state index contributed by atoms with van der Waals surface area (Å²) < 4.78 is 30.0. The Morgan fingerprint density at radius 2 is 1.95 bits per heavy atom. The molecule has 21 heavy (non-hydrogen) atoms. The molecule has 0 spiro atoms. The van der Waals surface area contributed by atoms with Gasteiger partial charge >= 0.3 is 5.97 Å². The van der Waals surface area contributed by atoms with Crippen molar-refractivity contribution in [2.75, 3.05) is 20.2 Å². The molecule has 1 aromatic carbocycles. The molecule has 0 saturated carbocycles. The van der Waals surface area contributed by atoms with Crippen molar-refractivity contribution in [2.24, 2.45) is 0 Å². The first-order valence-electron chi connectivity index (χ1n) is 6.29. The molecule has 2 atom stereocenters. The van der Waals surface area contributed by atoms with E-state index in [1.165, 1.54) is 19.2 Å². The topological polar surface area (TPSA) is 92.5 Å². The highest BCUT2D eigenvalue weighted by Crippen LogP contribution is 2.28. The molecule has 1 aliphatic rings. The molecule has 1 heterocycles. The normalized spacial score (nSPS) is 20.7. The van der Waals surface area contributed by atoms with Crippen molar-refractivity contribution in [1.29, 1.82) is 0 Å². The monoisotopic (exact) mass is 312 g/mol. The summed E-state index contributed by atoms with van der Waals surface area (Å²) in [7, 11) is -2.46. The number of carbonyl (C=O) groups is 2. The van der Waals surface area contributed by atoms with E-state index in [2.05, 4.69) is 10.1 Å². The predicted molar refractivity (Wildman–Crippen MR) is 73.9 cm³/mol. The summed E-state index contributed by atoms with van der Waals surface area (Å²) in [4.78, 5) is 22.8. The van der Waals surface area contributed by atoms with Crippen LogP contribution in [0.2, 0.25) is 0 Å². The molecule has 0 radical (unpaired) electrons. The van der Waals surface area contributed by atoms with Crippen LogP contribution in [0.25, 0.3) is 0 Å². The van der Waals surface area contributed by atoms with E-state index in [-0.39, 0.29) is 18.0 Å². The molecule has 0 aliphatic carbocycles. The van der Waals surface area contributed by atoms with Crippen LogP contribution in [0.1, 0.15) is 5.56 Å². The maximum absolute atomic E-state index is 12.3. The fourth-order valence-electron chi connectivity index (χ4n) is 1.80. The number of hydrogen-bond acceptors (Lipinski definition) is 5. The van der Waals surface area contributed by atoms with Crippen LogP contribution in [0.15, 0.2) is 29.2 Å². The Morgan fingerprint density at radius 1 is 1.33 bits per heavy atom. The number of rotatable bonds is 5. The standard InChI is InChI=1S/C13H16N2O5S/c1-9-3-5-10(6-4-9)21(18,19)15-8-11(15)13(17)14-7-12(16)20-2/h3-6,11H,7-8H2,1-2H3,(H,14,17). The molecule has 1 amide bonds. The van der Waals surface area contributed by atoms with E-state index in [1.54, 1.807) is 12.1 Å². The number of carbonyl (C=O) groups excluding carboxylic acids is 2. The van der Waals surface area contributed by atoms with Crippen molar-refractivity contribution in [3.05, 3.63) is 29.8 Å². The zero-order chi connectivity index (χ0) is 15.6. The average Bonchev–Trinajstić information content (AvgIpc) is 3.26. The van der Waals surface area contributed by atoms with Gasteiger partial charge in [-0.1, -0.05) is 17.7 Å². The van der Waals surface area contributed by atoms with E-state index in [0.29, 0.717) is 0 Å². The highest BCUT2D eigenvalue weighted by atomic mass is 32.2. The molecule has 1 N–H and O–H groups in total. The van der Waals surface area contributed by atoms with Gasteiger partial charge in [-0.05, 0) is 19.1 Å². The number of esters is 1. The van der Waals surface area contributed by atoms with E-state index < -0.39 is 27.9 Å². The Hall–Kier alpha value is -1.93. The van der Waals surface area contributed by atoms with Crippen LogP contribution in [0, 0.1) is 6.92 Å². The Bertz CT molecular complexity index is 654. The van der Waals surface area contributed by atoms with Crippen molar-refractivity contribution in [3.8, 4) is 0 Å². The third kappa shape index (κ3) is 3.40. The van der Waals surface area contributed by atoms with Crippen LogP contribution in [-0.4, -0.2) is 50.8 Å². The fourth-order valence-corrected chi connectivity index (χ4v) is 3.32. The van der Waals surface area contributed by atoms with Crippen LogP contribution in [0.4, 0.5) is 0 Å². The number of sulfonamides is 1. The number of nitrogens with one attached hydrogen (secondary N) is 1. The third-order valence-corrected chi connectivity index (χ3v) is 5.02. The van der Waals surface area contributed by atoms with E-state index in [1.807, 2.05) is 6.92 Å². The highest BCUT2D eigenvalue weighted by molar-refractivity contribution is 7.89. The fraction of sp³-hybridized carbons (Fsp3) is 0.385. The Balaban J connectivity index is 2.00. The van der Waals surface area contributed by atoms with Crippen LogP contribution < -0.4 is 5.32 Å². The lowest BCUT2D eigenvalue weighted by molar-refractivity contribution is -0.141. The molecule has 8 heteroatoms.